The van der Waals surface area contributed by atoms with Gasteiger partial charge < -0.3 is 10.6 Å². The second-order valence-electron chi connectivity index (χ2n) is 3.25. The van der Waals surface area contributed by atoms with Crippen molar-refractivity contribution in [2.75, 3.05) is 17.2 Å². The SMILES string of the molecule is O=C1Nc2ccccc2NC1C[N+](=O)[O-]. The molecule has 0 fully saturated rings. The molecule has 1 atom stereocenters. The molecule has 0 radical (unpaired) electrons. The van der Waals surface area contributed by atoms with E-state index in [2.05, 4.69) is 10.6 Å². The molecule has 2 rings (SSSR count). The summed E-state index contributed by atoms with van der Waals surface area (Å²) in [7, 11) is 0. The quantitative estimate of drug-likeness (QED) is 0.552. The zero-order valence-corrected chi connectivity index (χ0v) is 7.77. The number of hydrogen-bond donors (Lipinski definition) is 2. The minimum Gasteiger partial charge on any atom is -0.367 e. The first-order chi connectivity index (χ1) is 7.16. The van der Waals surface area contributed by atoms with Crippen LogP contribution in [0.3, 0.4) is 0 Å². The topological polar surface area (TPSA) is 84.3 Å². The summed E-state index contributed by atoms with van der Waals surface area (Å²) in [6.07, 6.45) is 0. The Morgan fingerprint density at radius 2 is 2.00 bits per heavy atom. The molecule has 78 valence electrons. The normalized spacial score (nSPS) is 18.7. The monoisotopic (exact) mass is 207 g/mol. The van der Waals surface area contributed by atoms with Crippen LogP contribution < -0.4 is 10.6 Å². The summed E-state index contributed by atoms with van der Waals surface area (Å²) in [6, 6.07) is 6.29. The Labute approximate surface area is 85.4 Å². The van der Waals surface area contributed by atoms with Gasteiger partial charge in [-0.25, -0.2) is 0 Å². The summed E-state index contributed by atoms with van der Waals surface area (Å²) in [5.74, 6) is -0.370. The highest BCUT2D eigenvalue weighted by Crippen LogP contribution is 2.25. The summed E-state index contributed by atoms with van der Waals surface area (Å²) in [5, 5.41) is 15.7. The van der Waals surface area contributed by atoms with Gasteiger partial charge in [0, 0.05) is 4.92 Å². The Hall–Kier alpha value is -2.11. The number of carbonyl (C=O) groups excluding carboxylic acids is 1. The van der Waals surface area contributed by atoms with Crippen molar-refractivity contribution in [1.29, 1.82) is 0 Å². The number of rotatable bonds is 2. The second kappa shape index (κ2) is 3.56. The Morgan fingerprint density at radius 3 is 2.67 bits per heavy atom. The maximum Gasteiger partial charge on any atom is 0.253 e. The second-order valence-corrected chi connectivity index (χ2v) is 3.25. The van der Waals surface area contributed by atoms with E-state index in [1.807, 2.05) is 0 Å². The Bertz CT molecular complexity index is 419. The van der Waals surface area contributed by atoms with E-state index in [-0.39, 0.29) is 5.91 Å². The van der Waals surface area contributed by atoms with Crippen LogP contribution >= 0.6 is 0 Å². The van der Waals surface area contributed by atoms with Crippen LogP contribution in [0.15, 0.2) is 24.3 Å². The molecule has 0 bridgehead atoms. The first-order valence-corrected chi connectivity index (χ1v) is 4.45. The molecule has 0 aromatic heterocycles. The van der Waals surface area contributed by atoms with Crippen molar-refractivity contribution >= 4 is 17.3 Å². The standard InChI is InChI=1S/C9H9N3O3/c13-9-8(5-12(14)15)10-6-3-1-2-4-7(6)11-9/h1-4,8,10H,5H2,(H,11,13). The van der Waals surface area contributed by atoms with Crippen molar-refractivity contribution in [3.63, 3.8) is 0 Å². The lowest BCUT2D eigenvalue weighted by molar-refractivity contribution is -0.479. The molecule has 6 nitrogen and oxygen atoms in total. The first kappa shape index (κ1) is 9.45. The van der Waals surface area contributed by atoms with Crippen molar-refractivity contribution in [1.82, 2.24) is 0 Å². The zero-order chi connectivity index (χ0) is 10.8. The van der Waals surface area contributed by atoms with Crippen molar-refractivity contribution in [2.45, 2.75) is 6.04 Å². The maximum absolute atomic E-state index is 11.4. The van der Waals surface area contributed by atoms with E-state index in [9.17, 15) is 14.9 Å². The average molecular weight is 207 g/mol. The van der Waals surface area contributed by atoms with Crippen LogP contribution in [0.2, 0.25) is 0 Å². The lowest BCUT2D eigenvalue weighted by Gasteiger charge is -2.23. The number of benzene rings is 1. The van der Waals surface area contributed by atoms with E-state index < -0.39 is 17.5 Å². The molecule has 1 aliphatic rings. The van der Waals surface area contributed by atoms with Gasteiger partial charge >= 0.3 is 0 Å². The van der Waals surface area contributed by atoms with Gasteiger partial charge in [-0.05, 0) is 12.1 Å². The number of para-hydroxylation sites is 2. The smallest absolute Gasteiger partial charge is 0.253 e. The fraction of sp³-hybridized carbons (Fsp3) is 0.222. The van der Waals surface area contributed by atoms with Crippen LogP contribution in [0.5, 0.6) is 0 Å². The van der Waals surface area contributed by atoms with Gasteiger partial charge in [0.2, 0.25) is 6.54 Å². The van der Waals surface area contributed by atoms with Crippen molar-refractivity contribution in [2.24, 2.45) is 0 Å². The molecule has 1 unspecified atom stereocenters. The van der Waals surface area contributed by atoms with Crippen molar-refractivity contribution in [3.8, 4) is 0 Å². The maximum atomic E-state index is 11.4. The highest BCUT2D eigenvalue weighted by atomic mass is 16.6. The number of hydrogen-bond acceptors (Lipinski definition) is 4. The summed E-state index contributed by atoms with van der Waals surface area (Å²) in [6.45, 7) is -0.417. The average Bonchev–Trinajstić information content (AvgIpc) is 2.18. The molecule has 0 aliphatic carbocycles. The molecule has 0 spiro atoms. The predicted octanol–water partition coefficient (Wildman–Crippen LogP) is 0.696. The number of carbonyl (C=O) groups is 1. The fourth-order valence-electron chi connectivity index (χ4n) is 1.47. The predicted molar refractivity (Wildman–Crippen MR) is 54.3 cm³/mol. The molecule has 1 aliphatic heterocycles. The van der Waals surface area contributed by atoms with E-state index in [1.165, 1.54) is 0 Å². The third-order valence-electron chi connectivity index (χ3n) is 2.16. The molecule has 1 aromatic rings. The highest BCUT2D eigenvalue weighted by molar-refractivity contribution is 6.02. The minimum atomic E-state index is -0.796. The molecule has 6 heteroatoms. The Balaban J connectivity index is 2.22. The molecular formula is C9H9N3O3. The molecule has 2 N–H and O–H groups in total. The summed E-state index contributed by atoms with van der Waals surface area (Å²) >= 11 is 0. The summed E-state index contributed by atoms with van der Waals surface area (Å²) in [5.41, 5.74) is 1.37. The van der Waals surface area contributed by atoms with Gasteiger partial charge in [0.15, 0.2) is 6.04 Å². The van der Waals surface area contributed by atoms with E-state index in [4.69, 9.17) is 0 Å². The van der Waals surface area contributed by atoms with E-state index in [0.29, 0.717) is 11.4 Å². The molecule has 1 amide bonds. The Kier molecular flexibility index (Phi) is 2.24. The Morgan fingerprint density at radius 1 is 1.33 bits per heavy atom. The molecule has 0 saturated heterocycles. The number of nitrogens with one attached hydrogen (secondary N) is 2. The lowest BCUT2D eigenvalue weighted by atomic mass is 10.1. The zero-order valence-electron chi connectivity index (χ0n) is 7.77. The van der Waals surface area contributed by atoms with Crippen LogP contribution in [0.25, 0.3) is 0 Å². The van der Waals surface area contributed by atoms with E-state index in [1.54, 1.807) is 24.3 Å². The van der Waals surface area contributed by atoms with Gasteiger partial charge in [0.1, 0.15) is 0 Å². The number of amides is 1. The molecular weight excluding hydrogens is 198 g/mol. The highest BCUT2D eigenvalue weighted by Gasteiger charge is 2.28. The molecule has 0 saturated carbocycles. The lowest BCUT2D eigenvalue weighted by Crippen LogP contribution is -2.43. The van der Waals surface area contributed by atoms with Gasteiger partial charge in [-0.2, -0.15) is 0 Å². The largest absolute Gasteiger partial charge is 0.367 e. The number of nitro groups is 1. The van der Waals surface area contributed by atoms with Crippen LogP contribution in [-0.2, 0) is 4.79 Å². The summed E-state index contributed by atoms with van der Waals surface area (Å²) < 4.78 is 0. The van der Waals surface area contributed by atoms with E-state index >= 15 is 0 Å². The van der Waals surface area contributed by atoms with Gasteiger partial charge in [-0.15, -0.1) is 0 Å². The number of anilines is 2. The molecule has 1 heterocycles. The fourth-order valence-corrected chi connectivity index (χ4v) is 1.47. The van der Waals surface area contributed by atoms with Crippen molar-refractivity contribution in [3.05, 3.63) is 34.4 Å². The van der Waals surface area contributed by atoms with Crippen LogP contribution in [0, 0.1) is 10.1 Å². The van der Waals surface area contributed by atoms with Gasteiger partial charge in [0.25, 0.3) is 5.91 Å². The van der Waals surface area contributed by atoms with E-state index in [0.717, 1.165) is 0 Å². The van der Waals surface area contributed by atoms with Crippen LogP contribution in [0.1, 0.15) is 0 Å². The third kappa shape index (κ3) is 1.88. The van der Waals surface area contributed by atoms with Crippen molar-refractivity contribution < 1.29 is 9.72 Å². The third-order valence-corrected chi connectivity index (χ3v) is 2.16. The first-order valence-electron chi connectivity index (χ1n) is 4.45. The van der Waals surface area contributed by atoms with Gasteiger partial charge in [-0.3, -0.25) is 14.9 Å². The van der Waals surface area contributed by atoms with Gasteiger partial charge in [0.05, 0.1) is 11.4 Å². The van der Waals surface area contributed by atoms with Gasteiger partial charge in [-0.1, -0.05) is 12.1 Å². The molecule has 1 aromatic carbocycles. The summed E-state index contributed by atoms with van der Waals surface area (Å²) in [4.78, 5) is 21.2. The number of nitrogens with zero attached hydrogens (tertiary/aromatic N) is 1. The number of fused-ring (bicyclic) bond motifs is 1. The minimum absolute atomic E-state index is 0.370. The van der Waals surface area contributed by atoms with Crippen LogP contribution in [0.4, 0.5) is 11.4 Å². The van der Waals surface area contributed by atoms with Crippen LogP contribution in [-0.4, -0.2) is 23.4 Å². The molecule has 15 heavy (non-hydrogen) atoms.